The molecule has 2 atom stereocenters. The lowest BCUT2D eigenvalue weighted by atomic mass is 10.0. The second-order valence-electron chi connectivity index (χ2n) is 5.41. The smallest absolute Gasteiger partial charge is 0.359 e. The first kappa shape index (κ1) is 13.8. The zero-order valence-corrected chi connectivity index (χ0v) is 11.4. The summed E-state index contributed by atoms with van der Waals surface area (Å²) in [5.74, 6) is -0.719. The quantitative estimate of drug-likeness (QED) is 0.548. The highest BCUT2D eigenvalue weighted by molar-refractivity contribution is 6.00. The van der Waals surface area contributed by atoms with Crippen LogP contribution in [0.1, 0.15) is 20.8 Å². The van der Waals surface area contributed by atoms with Crippen LogP contribution in [0.5, 0.6) is 0 Å². The summed E-state index contributed by atoms with van der Waals surface area (Å²) in [6.45, 7) is 5.34. The number of esters is 1. The number of hydrogen-bond donors (Lipinski definition) is 1. The number of ether oxygens (including phenoxy) is 3. The lowest BCUT2D eigenvalue weighted by molar-refractivity contribution is -0.187. The maximum absolute atomic E-state index is 12.2. The van der Waals surface area contributed by atoms with Gasteiger partial charge in [-0.1, -0.05) is 0 Å². The summed E-state index contributed by atoms with van der Waals surface area (Å²) in [4.78, 5) is 25.1. The van der Waals surface area contributed by atoms with Crippen molar-refractivity contribution in [2.75, 3.05) is 13.7 Å². The van der Waals surface area contributed by atoms with E-state index in [4.69, 9.17) is 19.9 Å². The van der Waals surface area contributed by atoms with Crippen LogP contribution in [0, 0.1) is 0 Å². The summed E-state index contributed by atoms with van der Waals surface area (Å²) < 4.78 is 15.7. The third kappa shape index (κ3) is 2.31. The molecule has 0 aromatic carbocycles. The predicted molar refractivity (Wildman–Crippen MR) is 64.4 cm³/mol. The number of fused-ring (bicyclic) bond motifs is 1. The fraction of sp³-hybridized carbons (Fsp3) is 0.667. The Morgan fingerprint density at radius 2 is 2.11 bits per heavy atom. The molecule has 0 unspecified atom stereocenters. The topological polar surface area (TPSA) is 91.1 Å². The first-order valence-corrected chi connectivity index (χ1v) is 5.97. The molecular formula is C12H18N2O5. The number of amides is 1. The van der Waals surface area contributed by atoms with Crippen molar-refractivity contribution in [1.82, 2.24) is 4.90 Å². The van der Waals surface area contributed by atoms with Crippen LogP contribution in [0.25, 0.3) is 0 Å². The van der Waals surface area contributed by atoms with Gasteiger partial charge in [-0.25, -0.2) is 4.79 Å². The molecule has 0 saturated carbocycles. The van der Waals surface area contributed by atoms with Crippen molar-refractivity contribution in [3.63, 3.8) is 0 Å². The lowest BCUT2D eigenvalue weighted by Gasteiger charge is -2.47. The van der Waals surface area contributed by atoms with Crippen LogP contribution in [0.2, 0.25) is 0 Å². The molecule has 19 heavy (non-hydrogen) atoms. The van der Waals surface area contributed by atoms with E-state index in [2.05, 4.69) is 0 Å². The minimum Gasteiger partial charge on any atom is -0.496 e. The van der Waals surface area contributed by atoms with E-state index in [1.807, 2.05) is 0 Å². The molecule has 1 saturated heterocycles. The SMILES string of the molecule is COC1=C(C(=O)OC(C)(C)C)N2C(=O)[C@H](N)[C@H]2OC1. The van der Waals surface area contributed by atoms with E-state index in [1.54, 1.807) is 20.8 Å². The zero-order chi connectivity index (χ0) is 14.4. The van der Waals surface area contributed by atoms with Crippen molar-refractivity contribution in [2.24, 2.45) is 5.73 Å². The Bertz CT molecular complexity index is 452. The maximum atomic E-state index is 12.2. The Hall–Kier alpha value is -1.60. The van der Waals surface area contributed by atoms with Crippen molar-refractivity contribution in [3.8, 4) is 0 Å². The summed E-state index contributed by atoms with van der Waals surface area (Å²) in [5.41, 5.74) is 5.05. The van der Waals surface area contributed by atoms with Crippen molar-refractivity contribution >= 4 is 11.9 Å². The fourth-order valence-electron chi connectivity index (χ4n) is 1.96. The Balaban J connectivity index is 2.30. The van der Waals surface area contributed by atoms with Gasteiger partial charge in [0.25, 0.3) is 5.91 Å². The van der Waals surface area contributed by atoms with Gasteiger partial charge in [-0.2, -0.15) is 0 Å². The normalized spacial score (nSPS) is 26.8. The van der Waals surface area contributed by atoms with Gasteiger partial charge in [-0.15, -0.1) is 0 Å². The minimum atomic E-state index is -0.740. The second kappa shape index (κ2) is 4.50. The van der Waals surface area contributed by atoms with Gasteiger partial charge in [0, 0.05) is 0 Å². The monoisotopic (exact) mass is 270 g/mol. The molecule has 106 valence electrons. The van der Waals surface area contributed by atoms with E-state index in [1.165, 1.54) is 12.0 Å². The number of carbonyl (C=O) groups excluding carboxylic acids is 2. The number of hydrogen-bond acceptors (Lipinski definition) is 6. The van der Waals surface area contributed by atoms with Gasteiger partial charge < -0.3 is 19.9 Å². The number of nitrogens with zero attached hydrogens (tertiary/aromatic N) is 1. The average molecular weight is 270 g/mol. The molecule has 2 aliphatic rings. The molecule has 0 aromatic rings. The van der Waals surface area contributed by atoms with Crippen LogP contribution in [-0.2, 0) is 23.8 Å². The molecule has 2 aliphatic heterocycles. The van der Waals surface area contributed by atoms with Crippen LogP contribution in [-0.4, -0.2) is 48.4 Å². The maximum Gasteiger partial charge on any atom is 0.359 e. The van der Waals surface area contributed by atoms with Crippen LogP contribution >= 0.6 is 0 Å². The van der Waals surface area contributed by atoms with Crippen LogP contribution < -0.4 is 5.73 Å². The largest absolute Gasteiger partial charge is 0.496 e. The first-order chi connectivity index (χ1) is 8.76. The highest BCUT2D eigenvalue weighted by atomic mass is 16.6. The molecule has 7 nitrogen and oxygen atoms in total. The summed E-state index contributed by atoms with van der Waals surface area (Å²) >= 11 is 0. The highest BCUT2D eigenvalue weighted by Crippen LogP contribution is 2.33. The van der Waals surface area contributed by atoms with Gasteiger partial charge in [0.15, 0.2) is 17.7 Å². The van der Waals surface area contributed by atoms with Gasteiger partial charge in [0.05, 0.1) is 7.11 Å². The summed E-state index contributed by atoms with van der Waals surface area (Å²) in [5, 5.41) is 0. The van der Waals surface area contributed by atoms with Crippen molar-refractivity contribution in [3.05, 3.63) is 11.5 Å². The molecule has 1 amide bonds. The van der Waals surface area contributed by atoms with Crippen LogP contribution in [0.15, 0.2) is 11.5 Å². The van der Waals surface area contributed by atoms with Crippen molar-refractivity contribution < 1.29 is 23.8 Å². The third-order valence-electron chi connectivity index (χ3n) is 2.81. The zero-order valence-electron chi connectivity index (χ0n) is 11.4. The van der Waals surface area contributed by atoms with Gasteiger partial charge in [-0.05, 0) is 20.8 Å². The second-order valence-corrected chi connectivity index (χ2v) is 5.41. The van der Waals surface area contributed by atoms with E-state index < -0.39 is 23.8 Å². The molecule has 2 rings (SSSR count). The Morgan fingerprint density at radius 3 is 2.63 bits per heavy atom. The molecule has 1 fully saturated rings. The number of rotatable bonds is 2. The van der Waals surface area contributed by atoms with Crippen LogP contribution in [0.3, 0.4) is 0 Å². The standard InChI is InChI=1S/C12H18N2O5/c1-12(2,3)19-11(16)8-6(17-4)5-18-10-7(13)9(15)14(8)10/h7,10H,5,13H2,1-4H3/t7-,10+/m0/s1. The summed E-state index contributed by atoms with van der Waals surface area (Å²) in [6, 6.07) is -0.740. The summed E-state index contributed by atoms with van der Waals surface area (Å²) in [7, 11) is 1.41. The van der Waals surface area contributed by atoms with E-state index in [0.29, 0.717) is 0 Å². The number of β-lactam (4-membered cyclic amide) rings is 1. The molecule has 0 radical (unpaired) electrons. The Morgan fingerprint density at radius 1 is 1.47 bits per heavy atom. The molecular weight excluding hydrogens is 252 g/mol. The number of methoxy groups -OCH3 is 1. The Labute approximate surface area is 111 Å². The van der Waals surface area contributed by atoms with E-state index in [-0.39, 0.29) is 24.0 Å². The molecule has 0 spiro atoms. The molecule has 2 N–H and O–H groups in total. The van der Waals surface area contributed by atoms with Gasteiger partial charge in [0.1, 0.15) is 18.2 Å². The van der Waals surface area contributed by atoms with Crippen LogP contribution in [0.4, 0.5) is 0 Å². The Kier molecular flexibility index (Phi) is 3.27. The number of carbonyl (C=O) groups is 2. The summed E-state index contributed by atoms with van der Waals surface area (Å²) in [6.07, 6.45) is -0.617. The lowest BCUT2D eigenvalue weighted by Crippen LogP contribution is -2.71. The third-order valence-corrected chi connectivity index (χ3v) is 2.81. The van der Waals surface area contributed by atoms with E-state index >= 15 is 0 Å². The fourth-order valence-corrected chi connectivity index (χ4v) is 1.96. The molecule has 2 heterocycles. The number of nitrogens with two attached hydrogens (primary N) is 1. The van der Waals surface area contributed by atoms with Crippen molar-refractivity contribution in [1.29, 1.82) is 0 Å². The predicted octanol–water partition coefficient (Wildman–Crippen LogP) is -0.288. The molecule has 0 aliphatic carbocycles. The van der Waals surface area contributed by atoms with Gasteiger partial charge in [-0.3, -0.25) is 9.69 Å². The minimum absolute atomic E-state index is 0.0837. The first-order valence-electron chi connectivity index (χ1n) is 5.97. The average Bonchev–Trinajstić information content (AvgIpc) is 2.33. The van der Waals surface area contributed by atoms with Gasteiger partial charge >= 0.3 is 5.97 Å². The molecule has 0 aromatic heterocycles. The molecule has 0 bridgehead atoms. The highest BCUT2D eigenvalue weighted by Gasteiger charge is 2.53. The van der Waals surface area contributed by atoms with E-state index in [0.717, 1.165) is 0 Å². The van der Waals surface area contributed by atoms with E-state index in [9.17, 15) is 9.59 Å². The molecule has 7 heteroatoms. The van der Waals surface area contributed by atoms with Crippen molar-refractivity contribution in [2.45, 2.75) is 38.6 Å². The van der Waals surface area contributed by atoms with Gasteiger partial charge in [0.2, 0.25) is 0 Å².